The number of hydrogen-bond donors (Lipinski definition) is 1. The summed E-state index contributed by atoms with van der Waals surface area (Å²) >= 11 is 0. The standard InChI is InChI=1S/C18H25F3N2O2/c1-17(2)12-16(24)22-23(17)15(18(19,20)21)11-7-5-9-13-8-4-6-10-14(13)25-3/h4,6,8,10,15H,5,7,9,11-12H2,1-3H3,(H,22,24). The smallest absolute Gasteiger partial charge is 0.405 e. The maximum Gasteiger partial charge on any atom is 0.405 e. The van der Waals surface area contributed by atoms with Crippen molar-refractivity contribution in [3.63, 3.8) is 0 Å². The SMILES string of the molecule is COc1ccccc1CCCCC(N1NC(=O)CC1(C)C)C(F)(F)F. The van der Waals surface area contributed by atoms with E-state index in [4.69, 9.17) is 4.74 Å². The van der Waals surface area contributed by atoms with Gasteiger partial charge in [0, 0.05) is 12.0 Å². The molecule has 1 aliphatic heterocycles. The van der Waals surface area contributed by atoms with Gasteiger partial charge in [-0.1, -0.05) is 24.6 Å². The van der Waals surface area contributed by atoms with Crippen molar-refractivity contribution in [3.05, 3.63) is 29.8 Å². The zero-order valence-corrected chi connectivity index (χ0v) is 14.8. The lowest BCUT2D eigenvalue weighted by Crippen LogP contribution is -2.56. The summed E-state index contributed by atoms with van der Waals surface area (Å²) in [5.74, 6) is 0.385. The lowest BCUT2D eigenvalue weighted by atomic mass is 9.97. The quantitative estimate of drug-likeness (QED) is 0.753. The summed E-state index contributed by atoms with van der Waals surface area (Å²) in [5.41, 5.74) is 2.52. The normalized spacial score (nSPS) is 18.9. The predicted octanol–water partition coefficient (Wildman–Crippen LogP) is 3.85. The van der Waals surface area contributed by atoms with Gasteiger partial charge in [0.25, 0.3) is 0 Å². The Morgan fingerprint density at radius 3 is 2.52 bits per heavy atom. The Balaban J connectivity index is 1.96. The molecule has 0 bridgehead atoms. The van der Waals surface area contributed by atoms with Crippen molar-refractivity contribution in [1.29, 1.82) is 0 Å². The van der Waals surface area contributed by atoms with Crippen LogP contribution >= 0.6 is 0 Å². The summed E-state index contributed by atoms with van der Waals surface area (Å²) in [6.45, 7) is 3.30. The number of nitrogens with zero attached hydrogens (tertiary/aromatic N) is 1. The third-order valence-electron chi connectivity index (χ3n) is 4.55. The van der Waals surface area contributed by atoms with E-state index in [2.05, 4.69) is 5.43 Å². The molecular weight excluding hydrogens is 333 g/mol. The molecule has 4 nitrogen and oxygen atoms in total. The highest BCUT2D eigenvalue weighted by molar-refractivity contribution is 5.78. The number of rotatable bonds is 7. The average Bonchev–Trinajstić information content (AvgIpc) is 2.78. The van der Waals surface area contributed by atoms with Gasteiger partial charge in [-0.2, -0.15) is 13.2 Å². The summed E-state index contributed by atoms with van der Waals surface area (Å²) in [4.78, 5) is 11.6. The van der Waals surface area contributed by atoms with E-state index in [9.17, 15) is 18.0 Å². The van der Waals surface area contributed by atoms with E-state index in [1.807, 2.05) is 24.3 Å². The van der Waals surface area contributed by atoms with Gasteiger partial charge in [-0.3, -0.25) is 10.2 Å². The second-order valence-corrected chi connectivity index (χ2v) is 7.01. The fourth-order valence-electron chi connectivity index (χ4n) is 3.30. The molecule has 1 atom stereocenters. The molecule has 1 aromatic rings. The van der Waals surface area contributed by atoms with E-state index in [1.165, 1.54) is 0 Å². The van der Waals surface area contributed by atoms with Crippen LogP contribution < -0.4 is 10.2 Å². The molecule has 0 saturated carbocycles. The molecule has 25 heavy (non-hydrogen) atoms. The van der Waals surface area contributed by atoms with Gasteiger partial charge in [0.2, 0.25) is 5.91 Å². The predicted molar refractivity (Wildman–Crippen MR) is 89.1 cm³/mol. The number of halogens is 3. The van der Waals surface area contributed by atoms with Gasteiger partial charge in [-0.25, -0.2) is 5.01 Å². The topological polar surface area (TPSA) is 41.6 Å². The maximum atomic E-state index is 13.5. The van der Waals surface area contributed by atoms with Gasteiger partial charge in [0.1, 0.15) is 11.8 Å². The molecule has 1 fully saturated rings. The molecule has 1 N–H and O–H groups in total. The highest BCUT2D eigenvalue weighted by Gasteiger charge is 2.51. The van der Waals surface area contributed by atoms with Crippen LogP contribution in [-0.4, -0.2) is 35.8 Å². The summed E-state index contributed by atoms with van der Waals surface area (Å²) in [6, 6.07) is 5.84. The van der Waals surface area contributed by atoms with Crippen molar-refractivity contribution >= 4 is 5.91 Å². The molecule has 0 aromatic heterocycles. The zero-order valence-electron chi connectivity index (χ0n) is 14.8. The van der Waals surface area contributed by atoms with Gasteiger partial charge < -0.3 is 4.74 Å². The Labute approximate surface area is 146 Å². The Bertz CT molecular complexity index is 602. The Morgan fingerprint density at radius 1 is 1.28 bits per heavy atom. The Hall–Kier alpha value is -1.76. The second-order valence-electron chi connectivity index (χ2n) is 7.01. The number of methoxy groups -OCH3 is 1. The first-order chi connectivity index (χ1) is 11.6. The number of aryl methyl sites for hydroxylation is 1. The third kappa shape index (κ3) is 4.87. The monoisotopic (exact) mass is 358 g/mol. The van der Waals surface area contributed by atoms with Gasteiger partial charge in [0.05, 0.1) is 7.11 Å². The fraction of sp³-hybridized carbons (Fsp3) is 0.611. The van der Waals surface area contributed by atoms with Crippen LogP contribution in [0.3, 0.4) is 0 Å². The van der Waals surface area contributed by atoms with Crippen molar-refractivity contribution < 1.29 is 22.7 Å². The van der Waals surface area contributed by atoms with Crippen LogP contribution in [-0.2, 0) is 11.2 Å². The molecule has 1 heterocycles. The largest absolute Gasteiger partial charge is 0.496 e. The molecular formula is C18H25F3N2O2. The van der Waals surface area contributed by atoms with Gasteiger partial charge in [-0.15, -0.1) is 0 Å². The average molecular weight is 358 g/mol. The van der Waals surface area contributed by atoms with Crippen LogP contribution in [0.25, 0.3) is 0 Å². The van der Waals surface area contributed by atoms with Crippen molar-refractivity contribution in [2.75, 3.05) is 7.11 Å². The van der Waals surface area contributed by atoms with Crippen molar-refractivity contribution in [2.45, 2.75) is 63.7 Å². The van der Waals surface area contributed by atoms with Crippen LogP contribution in [0.15, 0.2) is 24.3 Å². The van der Waals surface area contributed by atoms with Crippen LogP contribution in [0.4, 0.5) is 13.2 Å². The molecule has 7 heteroatoms. The second kappa shape index (κ2) is 7.64. The number of carbonyl (C=O) groups is 1. The van der Waals surface area contributed by atoms with E-state index >= 15 is 0 Å². The zero-order chi connectivity index (χ0) is 18.7. The molecule has 1 aromatic carbocycles. The van der Waals surface area contributed by atoms with Crippen LogP contribution in [0.5, 0.6) is 5.75 Å². The lowest BCUT2D eigenvalue weighted by Gasteiger charge is -2.37. The number of hydrazine groups is 1. The van der Waals surface area contributed by atoms with E-state index in [-0.39, 0.29) is 18.7 Å². The van der Waals surface area contributed by atoms with E-state index in [0.717, 1.165) is 16.3 Å². The Kier molecular flexibility index (Phi) is 5.98. The number of hydrogen-bond acceptors (Lipinski definition) is 3. The molecule has 1 unspecified atom stereocenters. The van der Waals surface area contributed by atoms with E-state index in [0.29, 0.717) is 19.3 Å². The first-order valence-electron chi connectivity index (χ1n) is 8.42. The fourth-order valence-corrected chi connectivity index (χ4v) is 3.30. The van der Waals surface area contributed by atoms with Gasteiger partial charge in [0.15, 0.2) is 0 Å². The van der Waals surface area contributed by atoms with Crippen molar-refractivity contribution in [3.8, 4) is 5.75 Å². The molecule has 0 spiro atoms. The molecule has 140 valence electrons. The minimum Gasteiger partial charge on any atom is -0.496 e. The number of alkyl halides is 3. The molecule has 2 rings (SSSR count). The van der Waals surface area contributed by atoms with Crippen LogP contribution in [0.1, 0.15) is 45.1 Å². The number of para-hydroxylation sites is 1. The summed E-state index contributed by atoms with van der Waals surface area (Å²) in [5, 5.41) is 1.08. The summed E-state index contributed by atoms with van der Waals surface area (Å²) in [6.07, 6.45) is -2.69. The van der Waals surface area contributed by atoms with Crippen molar-refractivity contribution in [1.82, 2.24) is 10.4 Å². The number of unbranched alkanes of at least 4 members (excludes halogenated alkanes) is 1. The number of amides is 1. The maximum absolute atomic E-state index is 13.5. The van der Waals surface area contributed by atoms with E-state index < -0.39 is 17.8 Å². The Morgan fingerprint density at radius 2 is 1.96 bits per heavy atom. The minimum absolute atomic E-state index is 0.0532. The minimum atomic E-state index is -4.39. The number of carbonyl (C=O) groups excluding carboxylic acids is 1. The molecule has 1 amide bonds. The van der Waals surface area contributed by atoms with Crippen LogP contribution in [0, 0.1) is 0 Å². The highest BCUT2D eigenvalue weighted by atomic mass is 19.4. The first-order valence-corrected chi connectivity index (χ1v) is 8.42. The molecule has 0 radical (unpaired) electrons. The van der Waals surface area contributed by atoms with E-state index in [1.54, 1.807) is 21.0 Å². The van der Waals surface area contributed by atoms with Gasteiger partial charge >= 0.3 is 6.18 Å². The van der Waals surface area contributed by atoms with Gasteiger partial charge in [-0.05, 0) is 44.7 Å². The number of ether oxygens (including phenoxy) is 1. The third-order valence-corrected chi connectivity index (χ3v) is 4.55. The molecule has 0 aliphatic carbocycles. The number of nitrogens with one attached hydrogen (secondary N) is 1. The highest BCUT2D eigenvalue weighted by Crippen LogP contribution is 2.35. The molecule has 1 aliphatic rings. The lowest BCUT2D eigenvalue weighted by molar-refractivity contribution is -0.202. The number of benzene rings is 1. The van der Waals surface area contributed by atoms with Crippen LogP contribution in [0.2, 0.25) is 0 Å². The summed E-state index contributed by atoms with van der Waals surface area (Å²) in [7, 11) is 1.58. The molecule has 1 saturated heterocycles. The van der Waals surface area contributed by atoms with Crippen molar-refractivity contribution in [2.24, 2.45) is 0 Å². The summed E-state index contributed by atoms with van der Waals surface area (Å²) < 4.78 is 45.8. The first kappa shape index (κ1) is 19.6.